The van der Waals surface area contributed by atoms with Crippen LogP contribution in [0.25, 0.3) is 0 Å². The van der Waals surface area contributed by atoms with Crippen LogP contribution in [0.5, 0.6) is 23.0 Å². The topological polar surface area (TPSA) is 114 Å². The molecule has 0 aliphatic heterocycles. The van der Waals surface area contributed by atoms with Crippen molar-refractivity contribution < 1.29 is 48.1 Å². The second kappa shape index (κ2) is 27.4. The SMILES string of the molecule is C=C(C)COC(C)Oc1ccc(C(C)(C)c2ccc(OC(C)OCC(=C)C)cc2)cc1.C=C(C)COCC(O)COc1ccc(C(C)(C)c2ccc(OCC(O)COCC(=C)C)cc2)cc1. The minimum atomic E-state index is -0.698. The monoisotopic (exact) mass is 909 g/mol. The minimum absolute atomic E-state index is 0.162. The molecule has 10 nitrogen and oxygen atoms in total. The van der Waals surface area contributed by atoms with Crippen LogP contribution < -0.4 is 18.9 Å². The number of benzene rings is 4. The van der Waals surface area contributed by atoms with Gasteiger partial charge in [0.1, 0.15) is 48.4 Å². The Hall–Kier alpha value is -5.20. The molecular formula is C56H76O10. The average Bonchev–Trinajstić information content (AvgIpc) is 3.27. The average molecular weight is 909 g/mol. The first-order chi connectivity index (χ1) is 31.1. The van der Waals surface area contributed by atoms with E-state index in [1.165, 1.54) is 11.1 Å². The molecule has 0 aliphatic rings. The highest BCUT2D eigenvalue weighted by Gasteiger charge is 2.25. The summed E-state index contributed by atoms with van der Waals surface area (Å²) >= 11 is 0. The Morgan fingerprint density at radius 1 is 0.424 bits per heavy atom. The van der Waals surface area contributed by atoms with E-state index in [0.29, 0.717) is 37.9 Å². The Kier molecular flexibility index (Phi) is 22.9. The molecule has 360 valence electrons. The molecule has 4 rings (SSSR count). The van der Waals surface area contributed by atoms with Crippen molar-refractivity contribution in [3.05, 3.63) is 168 Å². The highest BCUT2D eigenvalue weighted by atomic mass is 16.7. The van der Waals surface area contributed by atoms with E-state index in [1.54, 1.807) is 0 Å². The summed E-state index contributed by atoms with van der Waals surface area (Å²) in [6.07, 6.45) is -2.05. The number of aliphatic hydroxyl groups is 2. The largest absolute Gasteiger partial charge is 0.491 e. The summed E-state index contributed by atoms with van der Waals surface area (Å²) < 4.78 is 44.9. The summed E-state index contributed by atoms with van der Waals surface area (Å²) in [6.45, 7) is 37.9. The van der Waals surface area contributed by atoms with Crippen molar-refractivity contribution in [1.82, 2.24) is 0 Å². The molecule has 0 bridgehead atoms. The lowest BCUT2D eigenvalue weighted by atomic mass is 9.78. The third-order valence-electron chi connectivity index (χ3n) is 10.2. The van der Waals surface area contributed by atoms with E-state index in [0.717, 1.165) is 44.9 Å². The first kappa shape index (κ1) is 55.1. The van der Waals surface area contributed by atoms with E-state index in [-0.39, 0.29) is 49.8 Å². The zero-order chi connectivity index (χ0) is 48.9. The molecule has 4 unspecified atom stereocenters. The lowest BCUT2D eigenvalue weighted by molar-refractivity contribution is -0.0575. The van der Waals surface area contributed by atoms with E-state index in [9.17, 15) is 10.2 Å². The van der Waals surface area contributed by atoms with Gasteiger partial charge in [0.2, 0.25) is 0 Å². The number of hydrogen-bond donors (Lipinski definition) is 2. The first-order valence-electron chi connectivity index (χ1n) is 22.5. The maximum Gasteiger partial charge on any atom is 0.197 e. The van der Waals surface area contributed by atoms with E-state index < -0.39 is 12.2 Å². The second-order valence-corrected chi connectivity index (χ2v) is 18.1. The van der Waals surface area contributed by atoms with E-state index >= 15 is 0 Å². The Morgan fingerprint density at radius 2 is 0.682 bits per heavy atom. The third kappa shape index (κ3) is 20.1. The molecule has 2 N–H and O–H groups in total. The molecule has 0 heterocycles. The summed E-state index contributed by atoms with van der Waals surface area (Å²) in [5.74, 6) is 2.94. The van der Waals surface area contributed by atoms with Crippen LogP contribution in [0.3, 0.4) is 0 Å². The highest BCUT2D eigenvalue weighted by molar-refractivity contribution is 5.43. The minimum Gasteiger partial charge on any atom is -0.491 e. The van der Waals surface area contributed by atoms with Gasteiger partial charge in [-0.25, -0.2) is 0 Å². The van der Waals surface area contributed by atoms with Crippen LogP contribution in [0.15, 0.2) is 146 Å². The van der Waals surface area contributed by atoms with Crippen molar-refractivity contribution in [2.24, 2.45) is 0 Å². The van der Waals surface area contributed by atoms with Gasteiger partial charge < -0.3 is 48.1 Å². The maximum atomic E-state index is 9.99. The fourth-order valence-corrected chi connectivity index (χ4v) is 6.36. The number of rotatable bonds is 28. The summed E-state index contributed by atoms with van der Waals surface area (Å²) in [5, 5.41) is 20.0. The molecule has 0 radical (unpaired) electrons. The van der Waals surface area contributed by atoms with Gasteiger partial charge in [-0.2, -0.15) is 0 Å². The molecule has 4 aromatic rings. The van der Waals surface area contributed by atoms with Crippen LogP contribution in [0, 0.1) is 0 Å². The Bertz CT molecular complexity index is 1920. The zero-order valence-corrected chi connectivity index (χ0v) is 41.2. The summed E-state index contributed by atoms with van der Waals surface area (Å²) in [5.41, 5.74) is 8.03. The van der Waals surface area contributed by atoms with Crippen LogP contribution in [0.1, 0.15) is 91.5 Å². The fourth-order valence-electron chi connectivity index (χ4n) is 6.36. The quantitative estimate of drug-likeness (QED) is 0.0422. The smallest absolute Gasteiger partial charge is 0.197 e. The molecule has 0 aromatic heterocycles. The Balaban J connectivity index is 0.000000353. The van der Waals surface area contributed by atoms with Gasteiger partial charge in [0.25, 0.3) is 0 Å². The molecule has 4 atom stereocenters. The maximum absolute atomic E-state index is 9.99. The molecule has 0 aliphatic carbocycles. The van der Waals surface area contributed by atoms with Crippen LogP contribution in [-0.4, -0.2) is 87.9 Å². The van der Waals surface area contributed by atoms with Gasteiger partial charge in [0, 0.05) is 10.8 Å². The zero-order valence-electron chi connectivity index (χ0n) is 41.2. The molecule has 66 heavy (non-hydrogen) atoms. The Morgan fingerprint density at radius 3 is 0.939 bits per heavy atom. The summed E-state index contributed by atoms with van der Waals surface area (Å²) in [6, 6.07) is 32.1. The first-order valence-corrected chi connectivity index (χ1v) is 22.5. The van der Waals surface area contributed by atoms with Crippen molar-refractivity contribution in [2.75, 3.05) is 52.9 Å². The van der Waals surface area contributed by atoms with E-state index in [1.807, 2.05) is 114 Å². The summed E-state index contributed by atoms with van der Waals surface area (Å²) in [4.78, 5) is 0. The molecule has 4 aromatic carbocycles. The van der Waals surface area contributed by atoms with Crippen LogP contribution in [0.2, 0.25) is 0 Å². The summed E-state index contributed by atoms with van der Waals surface area (Å²) in [7, 11) is 0. The molecular weight excluding hydrogens is 833 g/mol. The second-order valence-electron chi connectivity index (χ2n) is 18.1. The Labute approximate surface area is 395 Å². The lowest BCUT2D eigenvalue weighted by Gasteiger charge is -2.27. The van der Waals surface area contributed by atoms with Gasteiger partial charge in [0.05, 0.1) is 39.6 Å². The molecule has 0 saturated carbocycles. The van der Waals surface area contributed by atoms with Gasteiger partial charge in [0.15, 0.2) is 12.6 Å². The van der Waals surface area contributed by atoms with Crippen LogP contribution >= 0.6 is 0 Å². The van der Waals surface area contributed by atoms with Crippen molar-refractivity contribution in [2.45, 2.75) is 105 Å². The molecule has 0 amide bonds. The van der Waals surface area contributed by atoms with Crippen LogP contribution in [-0.2, 0) is 29.8 Å². The van der Waals surface area contributed by atoms with Crippen molar-refractivity contribution in [3.8, 4) is 23.0 Å². The predicted molar refractivity (Wildman–Crippen MR) is 266 cm³/mol. The number of ether oxygens (including phenoxy) is 8. The van der Waals surface area contributed by atoms with Gasteiger partial charge >= 0.3 is 0 Å². The van der Waals surface area contributed by atoms with Crippen molar-refractivity contribution in [1.29, 1.82) is 0 Å². The fraction of sp³-hybridized carbons (Fsp3) is 0.429. The van der Waals surface area contributed by atoms with Gasteiger partial charge in [-0.1, -0.05) is 125 Å². The normalized spacial score (nSPS) is 13.3. The number of hydrogen-bond acceptors (Lipinski definition) is 10. The molecule has 0 saturated heterocycles. The van der Waals surface area contributed by atoms with Gasteiger partial charge in [-0.05, 0) is 112 Å². The van der Waals surface area contributed by atoms with E-state index in [4.69, 9.17) is 37.9 Å². The van der Waals surface area contributed by atoms with Gasteiger partial charge in [-0.15, -0.1) is 0 Å². The van der Waals surface area contributed by atoms with Crippen molar-refractivity contribution >= 4 is 0 Å². The third-order valence-corrected chi connectivity index (χ3v) is 10.2. The molecule has 10 heteroatoms. The molecule has 0 fully saturated rings. The lowest BCUT2D eigenvalue weighted by Crippen LogP contribution is -2.24. The predicted octanol–water partition coefficient (Wildman–Crippen LogP) is 11.3. The van der Waals surface area contributed by atoms with Crippen LogP contribution in [0.4, 0.5) is 0 Å². The molecule has 0 spiro atoms. The van der Waals surface area contributed by atoms with E-state index in [2.05, 4.69) is 78.3 Å². The standard InChI is InChI=1S/C29H40O6.C27H36O4/c1-21(2)15-32-17-25(30)19-34-27-11-7-23(8-12-27)29(5,6)24-9-13-28(14-10-24)35-20-26(31)18-33-16-22(3)4;1-19(2)17-28-21(5)30-25-13-9-23(10-14-25)27(7,8)24-11-15-26(16-12-24)31-22(6)29-18-20(3)4/h7-14,25-26,30-31H,1,3,15-20H2,2,4-6H3;9-16,21-22H,1,3,17-18H2,2,4-8H3. The highest BCUT2D eigenvalue weighted by Crippen LogP contribution is 2.35. The van der Waals surface area contributed by atoms with Gasteiger partial charge in [-0.3, -0.25) is 0 Å². The van der Waals surface area contributed by atoms with Crippen molar-refractivity contribution in [3.63, 3.8) is 0 Å². The number of aliphatic hydroxyl groups excluding tert-OH is 2.